The van der Waals surface area contributed by atoms with Crippen LogP contribution < -0.4 is 11.2 Å². The van der Waals surface area contributed by atoms with E-state index in [1.54, 1.807) is 0 Å². The maximum absolute atomic E-state index is 10.00. The highest BCUT2D eigenvalue weighted by atomic mass is 16.7. The molecular weight excluding hydrogens is 108 g/mol. The first-order valence-electron chi connectivity index (χ1n) is 2.43. The summed E-state index contributed by atoms with van der Waals surface area (Å²) in [5.74, 6) is 0. The second-order valence-corrected chi connectivity index (χ2v) is 1.75. The fraction of sp³-hybridized carbons (Fsp3) is 0.750. The minimum Gasteiger partial charge on any atom is -0.324 e. The zero-order valence-corrected chi connectivity index (χ0v) is 4.33. The van der Waals surface area contributed by atoms with E-state index >= 15 is 0 Å². The number of nitrogens with two attached hydrogens (primary N) is 1. The Hall–Kier alpha value is -0.450. The van der Waals surface area contributed by atoms with Gasteiger partial charge in [0.1, 0.15) is 12.3 Å². The van der Waals surface area contributed by atoms with Gasteiger partial charge in [-0.2, -0.15) is 5.48 Å². The Morgan fingerprint density at radius 2 is 2.62 bits per heavy atom. The monoisotopic (exact) mass is 116 g/mol. The van der Waals surface area contributed by atoms with Gasteiger partial charge >= 0.3 is 0 Å². The molecule has 0 aromatic carbocycles. The fourth-order valence-corrected chi connectivity index (χ4v) is 0.560. The van der Waals surface area contributed by atoms with Crippen molar-refractivity contribution >= 4 is 6.29 Å². The van der Waals surface area contributed by atoms with Crippen molar-refractivity contribution in [1.29, 1.82) is 0 Å². The van der Waals surface area contributed by atoms with Crippen LogP contribution in [-0.4, -0.2) is 25.0 Å². The van der Waals surface area contributed by atoms with E-state index in [0.717, 1.165) is 6.29 Å². The summed E-state index contributed by atoms with van der Waals surface area (Å²) in [5, 5.41) is 0. The van der Waals surface area contributed by atoms with Crippen molar-refractivity contribution in [2.24, 2.45) is 5.73 Å². The van der Waals surface area contributed by atoms with Crippen molar-refractivity contribution in [3.63, 3.8) is 0 Å². The minimum atomic E-state index is -0.310. The molecule has 0 saturated carbocycles. The van der Waals surface area contributed by atoms with Gasteiger partial charge in [0, 0.05) is 0 Å². The summed E-state index contributed by atoms with van der Waals surface area (Å²) in [6.07, 6.45) is 0.748. The highest BCUT2D eigenvalue weighted by Crippen LogP contribution is 1.95. The predicted octanol–water partition coefficient (Wildman–Crippen LogP) is -1.58. The van der Waals surface area contributed by atoms with Gasteiger partial charge in [0.05, 0.1) is 12.6 Å². The second-order valence-electron chi connectivity index (χ2n) is 1.75. The van der Waals surface area contributed by atoms with Gasteiger partial charge in [-0.1, -0.05) is 0 Å². The number of hydroxylamine groups is 1. The molecule has 2 atom stereocenters. The molecule has 0 aromatic rings. The molecule has 1 aliphatic rings. The summed E-state index contributed by atoms with van der Waals surface area (Å²) >= 11 is 0. The van der Waals surface area contributed by atoms with E-state index in [0.29, 0.717) is 6.61 Å². The third-order valence-electron chi connectivity index (χ3n) is 1.10. The number of carbonyl (C=O) groups excluding carboxylic acids is 1. The number of hydrogen-bond acceptors (Lipinski definition) is 4. The molecule has 1 aliphatic heterocycles. The van der Waals surface area contributed by atoms with Crippen LogP contribution in [0.3, 0.4) is 0 Å². The average molecular weight is 116 g/mol. The third-order valence-corrected chi connectivity index (χ3v) is 1.10. The molecule has 4 heteroatoms. The maximum Gasteiger partial charge on any atom is 0.140 e. The van der Waals surface area contributed by atoms with Gasteiger partial charge in [-0.05, 0) is 0 Å². The van der Waals surface area contributed by atoms with Crippen LogP contribution in [0.4, 0.5) is 0 Å². The number of nitrogens with one attached hydrogen (secondary N) is 1. The van der Waals surface area contributed by atoms with Crippen LogP contribution in [0.1, 0.15) is 0 Å². The molecule has 0 radical (unpaired) electrons. The molecule has 0 aromatic heterocycles. The molecule has 8 heavy (non-hydrogen) atoms. The summed E-state index contributed by atoms with van der Waals surface area (Å²) in [5.41, 5.74) is 7.83. The van der Waals surface area contributed by atoms with Gasteiger partial charge in [0.15, 0.2) is 0 Å². The van der Waals surface area contributed by atoms with Crippen LogP contribution in [0.15, 0.2) is 0 Å². The Balaban J connectivity index is 2.41. The van der Waals surface area contributed by atoms with E-state index in [1.165, 1.54) is 0 Å². The zero-order chi connectivity index (χ0) is 5.98. The quantitative estimate of drug-likeness (QED) is 0.406. The summed E-state index contributed by atoms with van der Waals surface area (Å²) in [6.45, 7) is 0.420. The van der Waals surface area contributed by atoms with Crippen LogP contribution >= 0.6 is 0 Å². The predicted molar refractivity (Wildman–Crippen MR) is 26.9 cm³/mol. The van der Waals surface area contributed by atoms with Crippen LogP contribution in [-0.2, 0) is 9.63 Å². The second kappa shape index (κ2) is 2.21. The Kier molecular flexibility index (Phi) is 1.57. The number of carbonyl (C=O) groups is 1. The first-order valence-corrected chi connectivity index (χ1v) is 2.43. The van der Waals surface area contributed by atoms with Crippen LogP contribution in [0, 0.1) is 0 Å². The van der Waals surface area contributed by atoms with Gasteiger partial charge in [-0.25, -0.2) is 0 Å². The summed E-state index contributed by atoms with van der Waals surface area (Å²) in [7, 11) is 0. The molecule has 2 unspecified atom stereocenters. The lowest BCUT2D eigenvalue weighted by Crippen LogP contribution is -2.38. The van der Waals surface area contributed by atoms with Gasteiger partial charge in [-0.15, -0.1) is 0 Å². The Morgan fingerprint density at radius 1 is 1.88 bits per heavy atom. The molecule has 1 fully saturated rings. The SMILES string of the molecule is NC1CONC1C=O. The number of hydrogen-bond donors (Lipinski definition) is 2. The summed E-state index contributed by atoms with van der Waals surface area (Å²) in [6, 6.07) is -0.484. The van der Waals surface area contributed by atoms with Crippen LogP contribution in [0.5, 0.6) is 0 Å². The van der Waals surface area contributed by atoms with Crippen LogP contribution in [0.25, 0.3) is 0 Å². The minimum absolute atomic E-state index is 0.174. The molecule has 0 aliphatic carbocycles. The van der Waals surface area contributed by atoms with E-state index < -0.39 is 0 Å². The normalized spacial score (nSPS) is 37.6. The summed E-state index contributed by atoms with van der Waals surface area (Å²) in [4.78, 5) is 14.6. The molecular formula is C4H8N2O2. The van der Waals surface area contributed by atoms with Crippen molar-refractivity contribution in [3.05, 3.63) is 0 Å². The van der Waals surface area contributed by atoms with E-state index in [4.69, 9.17) is 5.73 Å². The van der Waals surface area contributed by atoms with Gasteiger partial charge in [0.2, 0.25) is 0 Å². The Bertz CT molecular complexity index is 96.0. The largest absolute Gasteiger partial charge is 0.324 e. The van der Waals surface area contributed by atoms with Gasteiger partial charge < -0.3 is 10.5 Å². The highest BCUT2D eigenvalue weighted by molar-refractivity contribution is 5.59. The lowest BCUT2D eigenvalue weighted by atomic mass is 10.2. The average Bonchev–Trinajstić information content (AvgIpc) is 2.14. The fourth-order valence-electron chi connectivity index (χ4n) is 0.560. The molecule has 0 bridgehead atoms. The van der Waals surface area contributed by atoms with Crippen LogP contribution in [0.2, 0.25) is 0 Å². The number of aldehydes is 1. The van der Waals surface area contributed by atoms with Crippen molar-refractivity contribution in [2.45, 2.75) is 12.1 Å². The van der Waals surface area contributed by atoms with Crippen molar-refractivity contribution in [3.8, 4) is 0 Å². The van der Waals surface area contributed by atoms with Crippen molar-refractivity contribution < 1.29 is 9.63 Å². The lowest BCUT2D eigenvalue weighted by molar-refractivity contribution is -0.110. The molecule has 4 nitrogen and oxygen atoms in total. The molecule has 3 N–H and O–H groups in total. The standard InChI is InChI=1S/C4H8N2O2/c5-3-2-8-6-4(3)1-7/h1,3-4,6H,2,5H2. The molecule has 0 spiro atoms. The Morgan fingerprint density at radius 3 is 2.88 bits per heavy atom. The first-order chi connectivity index (χ1) is 3.84. The molecule has 0 amide bonds. The van der Waals surface area contributed by atoms with Crippen molar-refractivity contribution in [2.75, 3.05) is 6.61 Å². The topological polar surface area (TPSA) is 64.3 Å². The van der Waals surface area contributed by atoms with E-state index in [1.807, 2.05) is 0 Å². The van der Waals surface area contributed by atoms with E-state index in [2.05, 4.69) is 10.3 Å². The molecule has 1 saturated heterocycles. The Labute approximate surface area is 46.9 Å². The lowest BCUT2D eigenvalue weighted by Gasteiger charge is -2.01. The van der Waals surface area contributed by atoms with Crippen molar-refractivity contribution in [1.82, 2.24) is 5.48 Å². The molecule has 1 heterocycles. The summed E-state index contributed by atoms with van der Waals surface area (Å²) < 4.78 is 0. The van der Waals surface area contributed by atoms with Gasteiger partial charge in [-0.3, -0.25) is 4.84 Å². The third kappa shape index (κ3) is 0.861. The zero-order valence-electron chi connectivity index (χ0n) is 4.33. The molecule has 1 rings (SSSR count). The maximum atomic E-state index is 10.00. The smallest absolute Gasteiger partial charge is 0.140 e. The van der Waals surface area contributed by atoms with E-state index in [-0.39, 0.29) is 12.1 Å². The van der Waals surface area contributed by atoms with Gasteiger partial charge in [0.25, 0.3) is 0 Å². The highest BCUT2D eigenvalue weighted by Gasteiger charge is 2.23. The molecule has 46 valence electrons. The number of rotatable bonds is 1. The first kappa shape index (κ1) is 5.68. The van der Waals surface area contributed by atoms with E-state index in [9.17, 15) is 4.79 Å².